The number of amides is 2. The first-order valence-electron chi connectivity index (χ1n) is 6.79. The summed E-state index contributed by atoms with van der Waals surface area (Å²) in [4.78, 5) is 25.3. The summed E-state index contributed by atoms with van der Waals surface area (Å²) in [6, 6.07) is 1.55. The lowest BCUT2D eigenvalue weighted by Gasteiger charge is -2.26. The van der Waals surface area contributed by atoms with Crippen LogP contribution in [-0.4, -0.2) is 36.3 Å². The minimum atomic E-state index is -0.987. The predicted molar refractivity (Wildman–Crippen MR) is 73.5 cm³/mol. The molecule has 0 aliphatic carbocycles. The van der Waals surface area contributed by atoms with Gasteiger partial charge in [-0.25, -0.2) is 8.78 Å². The highest BCUT2D eigenvalue weighted by Crippen LogP contribution is 2.17. The third-order valence-corrected chi connectivity index (χ3v) is 3.42. The maximum Gasteiger partial charge on any atom is 0.254 e. The van der Waals surface area contributed by atoms with Crippen LogP contribution in [0.25, 0.3) is 0 Å². The maximum atomic E-state index is 13.7. The monoisotopic (exact) mass is 297 g/mol. The van der Waals surface area contributed by atoms with Crippen molar-refractivity contribution in [2.75, 3.05) is 25.4 Å². The van der Waals surface area contributed by atoms with E-state index in [-0.39, 0.29) is 12.5 Å². The summed E-state index contributed by atoms with van der Waals surface area (Å²) >= 11 is 0. The SMILES string of the molecule is Nc1cc(F)cc(C(=O)NCC(=O)N2CCCCC2)c1F. The van der Waals surface area contributed by atoms with Crippen LogP contribution in [0.2, 0.25) is 0 Å². The Kier molecular flexibility index (Phi) is 4.72. The number of hydrogen-bond donors (Lipinski definition) is 2. The number of carbonyl (C=O) groups is 2. The van der Waals surface area contributed by atoms with E-state index in [0.717, 1.165) is 31.4 Å². The van der Waals surface area contributed by atoms with Gasteiger partial charge in [-0.15, -0.1) is 0 Å². The fourth-order valence-electron chi connectivity index (χ4n) is 2.28. The largest absolute Gasteiger partial charge is 0.396 e. The summed E-state index contributed by atoms with van der Waals surface area (Å²) in [6.45, 7) is 1.08. The number of hydrogen-bond acceptors (Lipinski definition) is 3. The summed E-state index contributed by atoms with van der Waals surface area (Å²) in [5.74, 6) is -2.88. The van der Waals surface area contributed by atoms with Gasteiger partial charge in [0.25, 0.3) is 5.91 Å². The second-order valence-corrected chi connectivity index (χ2v) is 4.98. The number of rotatable bonds is 3. The third kappa shape index (κ3) is 3.68. The second kappa shape index (κ2) is 6.51. The fourth-order valence-corrected chi connectivity index (χ4v) is 2.28. The van der Waals surface area contributed by atoms with E-state index >= 15 is 0 Å². The third-order valence-electron chi connectivity index (χ3n) is 3.42. The lowest BCUT2D eigenvalue weighted by atomic mass is 10.1. The van der Waals surface area contributed by atoms with Crippen LogP contribution in [0, 0.1) is 11.6 Å². The van der Waals surface area contributed by atoms with Crippen molar-refractivity contribution in [1.29, 1.82) is 0 Å². The maximum absolute atomic E-state index is 13.7. The minimum Gasteiger partial charge on any atom is -0.396 e. The van der Waals surface area contributed by atoms with E-state index in [1.165, 1.54) is 0 Å². The molecule has 0 saturated carbocycles. The number of halogens is 2. The van der Waals surface area contributed by atoms with E-state index < -0.39 is 28.8 Å². The fraction of sp³-hybridized carbons (Fsp3) is 0.429. The Hall–Kier alpha value is -2.18. The van der Waals surface area contributed by atoms with Gasteiger partial charge in [0.15, 0.2) is 5.82 Å². The van der Waals surface area contributed by atoms with Crippen molar-refractivity contribution in [3.05, 3.63) is 29.3 Å². The number of nitrogens with one attached hydrogen (secondary N) is 1. The van der Waals surface area contributed by atoms with Crippen molar-refractivity contribution in [3.8, 4) is 0 Å². The molecule has 2 amide bonds. The van der Waals surface area contributed by atoms with Crippen LogP contribution in [-0.2, 0) is 4.79 Å². The van der Waals surface area contributed by atoms with Crippen LogP contribution < -0.4 is 11.1 Å². The Morgan fingerprint density at radius 2 is 1.86 bits per heavy atom. The Morgan fingerprint density at radius 3 is 2.52 bits per heavy atom. The van der Waals surface area contributed by atoms with E-state index in [4.69, 9.17) is 5.73 Å². The lowest BCUT2D eigenvalue weighted by molar-refractivity contribution is -0.130. The van der Waals surface area contributed by atoms with Gasteiger partial charge < -0.3 is 16.0 Å². The van der Waals surface area contributed by atoms with Crippen LogP contribution in [0.15, 0.2) is 12.1 Å². The summed E-state index contributed by atoms with van der Waals surface area (Å²) in [5, 5.41) is 2.30. The average molecular weight is 297 g/mol. The highest BCUT2D eigenvalue weighted by atomic mass is 19.1. The van der Waals surface area contributed by atoms with Crippen molar-refractivity contribution in [2.45, 2.75) is 19.3 Å². The van der Waals surface area contributed by atoms with Gasteiger partial charge in [-0.3, -0.25) is 9.59 Å². The number of anilines is 1. The molecule has 5 nitrogen and oxygen atoms in total. The standard InChI is InChI=1S/C14H17F2N3O2/c15-9-6-10(13(16)11(17)7-9)14(21)18-8-12(20)19-4-2-1-3-5-19/h6-7H,1-5,8,17H2,(H,18,21). The molecule has 2 rings (SSSR count). The molecule has 0 radical (unpaired) electrons. The first kappa shape index (κ1) is 15.2. The first-order chi connectivity index (χ1) is 9.99. The molecular formula is C14H17F2N3O2. The molecular weight excluding hydrogens is 280 g/mol. The molecule has 0 atom stereocenters. The highest BCUT2D eigenvalue weighted by Gasteiger charge is 2.19. The Balaban J connectivity index is 1.97. The molecule has 114 valence electrons. The molecule has 0 aromatic heterocycles. The number of carbonyl (C=O) groups excluding carboxylic acids is 2. The van der Waals surface area contributed by atoms with Crippen LogP contribution >= 0.6 is 0 Å². The van der Waals surface area contributed by atoms with Gasteiger partial charge in [0.05, 0.1) is 17.8 Å². The molecule has 1 aliphatic rings. The van der Waals surface area contributed by atoms with Gasteiger partial charge in [-0.1, -0.05) is 0 Å². The van der Waals surface area contributed by atoms with Crippen molar-refractivity contribution < 1.29 is 18.4 Å². The predicted octanol–water partition coefficient (Wildman–Crippen LogP) is 1.29. The zero-order chi connectivity index (χ0) is 15.4. The van der Waals surface area contributed by atoms with Gasteiger partial charge in [-0.2, -0.15) is 0 Å². The number of benzene rings is 1. The van der Waals surface area contributed by atoms with Gasteiger partial charge in [-0.05, 0) is 31.4 Å². The molecule has 0 unspecified atom stereocenters. The van der Waals surface area contributed by atoms with Crippen molar-refractivity contribution in [2.24, 2.45) is 0 Å². The summed E-state index contributed by atoms with van der Waals surface area (Å²) in [5.41, 5.74) is 4.32. The normalized spacial score (nSPS) is 14.9. The summed E-state index contributed by atoms with van der Waals surface area (Å²) < 4.78 is 26.8. The van der Waals surface area contributed by atoms with Gasteiger partial charge in [0.1, 0.15) is 5.82 Å². The number of nitrogens with two attached hydrogens (primary N) is 1. The van der Waals surface area contributed by atoms with Crippen LogP contribution in [0.5, 0.6) is 0 Å². The summed E-state index contributed by atoms with van der Waals surface area (Å²) in [7, 11) is 0. The van der Waals surface area contributed by atoms with Gasteiger partial charge in [0.2, 0.25) is 5.91 Å². The van der Waals surface area contributed by atoms with Crippen LogP contribution in [0.1, 0.15) is 29.6 Å². The quantitative estimate of drug-likeness (QED) is 0.826. The first-order valence-corrected chi connectivity index (χ1v) is 6.79. The molecule has 0 bridgehead atoms. The van der Waals surface area contributed by atoms with Gasteiger partial charge in [0, 0.05) is 13.1 Å². The second-order valence-electron chi connectivity index (χ2n) is 4.98. The zero-order valence-corrected chi connectivity index (χ0v) is 11.5. The number of piperidine rings is 1. The van der Waals surface area contributed by atoms with Crippen molar-refractivity contribution in [3.63, 3.8) is 0 Å². The van der Waals surface area contributed by atoms with E-state index in [0.29, 0.717) is 13.1 Å². The highest BCUT2D eigenvalue weighted by molar-refractivity contribution is 5.97. The number of nitrogen functional groups attached to an aromatic ring is 1. The molecule has 1 aromatic rings. The summed E-state index contributed by atoms with van der Waals surface area (Å²) in [6.07, 6.45) is 2.97. The molecule has 1 saturated heterocycles. The van der Waals surface area contributed by atoms with Crippen molar-refractivity contribution in [1.82, 2.24) is 10.2 Å². The van der Waals surface area contributed by atoms with Crippen LogP contribution in [0.3, 0.4) is 0 Å². The average Bonchev–Trinajstić information content (AvgIpc) is 2.49. The van der Waals surface area contributed by atoms with Crippen molar-refractivity contribution >= 4 is 17.5 Å². The molecule has 1 fully saturated rings. The van der Waals surface area contributed by atoms with Gasteiger partial charge >= 0.3 is 0 Å². The van der Waals surface area contributed by atoms with E-state index in [1.54, 1.807) is 4.90 Å². The Morgan fingerprint density at radius 1 is 1.19 bits per heavy atom. The molecule has 3 N–H and O–H groups in total. The topological polar surface area (TPSA) is 75.4 Å². The minimum absolute atomic E-state index is 0.229. The van der Waals surface area contributed by atoms with Crippen LogP contribution in [0.4, 0.5) is 14.5 Å². The smallest absolute Gasteiger partial charge is 0.254 e. The Labute approximate surface area is 121 Å². The molecule has 21 heavy (non-hydrogen) atoms. The zero-order valence-electron chi connectivity index (χ0n) is 11.5. The molecule has 1 heterocycles. The molecule has 1 aromatic carbocycles. The van der Waals surface area contributed by atoms with E-state index in [1.807, 2.05) is 0 Å². The lowest BCUT2D eigenvalue weighted by Crippen LogP contribution is -2.42. The molecule has 7 heteroatoms. The number of nitrogens with zero attached hydrogens (tertiary/aromatic N) is 1. The van der Waals surface area contributed by atoms with E-state index in [9.17, 15) is 18.4 Å². The Bertz CT molecular complexity index is 557. The molecule has 1 aliphatic heterocycles. The number of likely N-dealkylation sites (tertiary alicyclic amines) is 1. The molecule has 0 spiro atoms. The van der Waals surface area contributed by atoms with E-state index in [2.05, 4.69) is 5.32 Å².